The van der Waals surface area contributed by atoms with E-state index in [4.69, 9.17) is 23.7 Å². The summed E-state index contributed by atoms with van der Waals surface area (Å²) in [5, 5.41) is 36.6. The molecule has 2 saturated carbocycles. The fourth-order valence-electron chi connectivity index (χ4n) is 9.37. The number of hydrogen-bond acceptors (Lipinski definition) is 13. The van der Waals surface area contributed by atoms with Gasteiger partial charge in [0.05, 0.1) is 29.6 Å². The quantitative estimate of drug-likeness (QED) is 0.203. The van der Waals surface area contributed by atoms with E-state index in [0.29, 0.717) is 5.56 Å². The van der Waals surface area contributed by atoms with E-state index in [2.05, 4.69) is 0 Å². The number of fused-ring (bicyclic) bond motifs is 5. The molecule has 0 radical (unpaired) electrons. The Morgan fingerprint density at radius 2 is 1.52 bits per heavy atom. The van der Waals surface area contributed by atoms with Crippen LogP contribution in [0.4, 0.5) is 0 Å². The molecule has 0 aromatic heterocycles. The number of rotatable bonds is 8. The van der Waals surface area contributed by atoms with Crippen LogP contribution in [-0.4, -0.2) is 99.4 Å². The van der Waals surface area contributed by atoms with Gasteiger partial charge in [-0.05, 0) is 42.7 Å². The van der Waals surface area contributed by atoms with Crippen LogP contribution in [0.5, 0.6) is 0 Å². The Balaban J connectivity index is 1.58. The van der Waals surface area contributed by atoms with Crippen molar-refractivity contribution >= 4 is 29.7 Å². The van der Waals surface area contributed by atoms with Crippen LogP contribution in [0, 0.1) is 16.7 Å². The van der Waals surface area contributed by atoms with Gasteiger partial charge < -0.3 is 39.0 Å². The van der Waals surface area contributed by atoms with Crippen molar-refractivity contribution in [2.24, 2.45) is 16.7 Å². The van der Waals surface area contributed by atoms with Gasteiger partial charge in [0.1, 0.15) is 23.9 Å². The number of ketones is 1. The summed E-state index contributed by atoms with van der Waals surface area (Å²) < 4.78 is 30.0. The summed E-state index contributed by atoms with van der Waals surface area (Å²) >= 11 is 0. The maximum Gasteiger partial charge on any atom is 0.338 e. The number of ether oxygens (including phenoxy) is 5. The zero-order valence-electron chi connectivity index (χ0n) is 31.4. The van der Waals surface area contributed by atoms with Crippen LogP contribution < -0.4 is 0 Å². The SMILES string of the molecule is CC(=O)O[C@H]1C(=O)[C@@]2(C)C([C@H](OC(=O)c3ccccc3)[C@]3(O)C[C@H](OC(=O)C(O)C(C)c4ccccc4)C(C)=C1C3(C)C)[C@]1(OC(C)=O)CO[C@@H]1C[C@@H]2O. The molecule has 54 heavy (non-hydrogen) atoms. The van der Waals surface area contributed by atoms with Crippen molar-refractivity contribution in [1.82, 2.24) is 0 Å². The van der Waals surface area contributed by atoms with Gasteiger partial charge in [-0.1, -0.05) is 69.3 Å². The summed E-state index contributed by atoms with van der Waals surface area (Å²) in [6, 6.07) is 16.8. The highest BCUT2D eigenvalue weighted by atomic mass is 16.6. The lowest BCUT2D eigenvalue weighted by Crippen LogP contribution is -2.82. The first kappa shape index (κ1) is 39.3. The number of Topliss-reactive ketones (excluding diaryl/α,β-unsaturated/α-hetero) is 1. The normalized spacial score (nSPS) is 35.0. The van der Waals surface area contributed by atoms with Crippen molar-refractivity contribution < 1.29 is 63.0 Å². The second kappa shape index (κ2) is 14.0. The molecule has 3 fully saturated rings. The van der Waals surface area contributed by atoms with E-state index in [1.165, 1.54) is 26.0 Å². The molecule has 13 nitrogen and oxygen atoms in total. The second-order valence-corrected chi connectivity index (χ2v) is 15.8. The smallest absolute Gasteiger partial charge is 0.338 e. The molecule has 13 heteroatoms. The Kier molecular flexibility index (Phi) is 10.2. The van der Waals surface area contributed by atoms with E-state index in [9.17, 15) is 34.5 Å². The molecule has 290 valence electrons. The molecular formula is C41H48O13. The molecule has 0 spiro atoms. The van der Waals surface area contributed by atoms with Crippen molar-refractivity contribution in [2.45, 2.75) is 115 Å². The highest BCUT2D eigenvalue weighted by molar-refractivity contribution is 5.95. The second-order valence-electron chi connectivity index (χ2n) is 15.8. The molecule has 1 saturated heterocycles. The minimum Gasteiger partial charge on any atom is -0.456 e. The minimum absolute atomic E-state index is 0.0704. The summed E-state index contributed by atoms with van der Waals surface area (Å²) in [6.45, 7) is 9.86. The van der Waals surface area contributed by atoms with Crippen LogP contribution in [0.25, 0.3) is 0 Å². The molecule has 0 amide bonds. The predicted molar refractivity (Wildman–Crippen MR) is 189 cm³/mol. The Hall–Kier alpha value is -4.43. The van der Waals surface area contributed by atoms with Gasteiger partial charge in [-0.25, -0.2) is 9.59 Å². The molecule has 3 unspecified atom stereocenters. The summed E-state index contributed by atoms with van der Waals surface area (Å²) in [7, 11) is 0. The predicted octanol–water partition coefficient (Wildman–Crippen LogP) is 3.37. The number of aliphatic hydroxyl groups is 3. The Morgan fingerprint density at radius 3 is 2.07 bits per heavy atom. The summed E-state index contributed by atoms with van der Waals surface area (Å²) in [6.07, 6.45) is -9.57. The van der Waals surface area contributed by atoms with E-state index < -0.39 is 107 Å². The van der Waals surface area contributed by atoms with E-state index in [1.54, 1.807) is 76.2 Å². The van der Waals surface area contributed by atoms with Gasteiger partial charge in [0.2, 0.25) is 0 Å². The van der Waals surface area contributed by atoms with Crippen molar-refractivity contribution in [3.05, 3.63) is 82.9 Å². The third kappa shape index (κ3) is 6.05. The molecule has 4 aliphatic rings. The average molecular weight is 749 g/mol. The van der Waals surface area contributed by atoms with Gasteiger partial charge in [0, 0.05) is 38.0 Å². The lowest BCUT2D eigenvalue weighted by molar-refractivity contribution is -0.346. The van der Waals surface area contributed by atoms with Crippen LogP contribution in [0.3, 0.4) is 0 Å². The third-order valence-electron chi connectivity index (χ3n) is 12.5. The van der Waals surface area contributed by atoms with Crippen LogP contribution in [-0.2, 0) is 42.9 Å². The Bertz CT molecular complexity index is 1860. The topological polar surface area (TPSA) is 192 Å². The van der Waals surface area contributed by atoms with Gasteiger partial charge in [0.15, 0.2) is 23.6 Å². The molecule has 2 aromatic carbocycles. The zero-order chi connectivity index (χ0) is 39.5. The van der Waals surface area contributed by atoms with Crippen molar-refractivity contribution in [3.63, 3.8) is 0 Å². The lowest BCUT2D eigenvalue weighted by atomic mass is 9.44. The molecule has 2 bridgehead atoms. The number of aliphatic hydroxyl groups excluding tert-OH is 2. The van der Waals surface area contributed by atoms with E-state index in [-0.39, 0.29) is 29.7 Å². The van der Waals surface area contributed by atoms with E-state index in [0.717, 1.165) is 6.92 Å². The molecular weight excluding hydrogens is 700 g/mol. The Morgan fingerprint density at radius 1 is 0.907 bits per heavy atom. The van der Waals surface area contributed by atoms with Gasteiger partial charge in [0.25, 0.3) is 0 Å². The van der Waals surface area contributed by atoms with Crippen LogP contribution in [0.2, 0.25) is 0 Å². The first-order valence-electron chi connectivity index (χ1n) is 18.1. The van der Waals surface area contributed by atoms with E-state index in [1.807, 2.05) is 0 Å². The number of carbonyl (C=O) groups excluding carboxylic acids is 5. The van der Waals surface area contributed by atoms with Gasteiger partial charge >= 0.3 is 23.9 Å². The lowest BCUT2D eigenvalue weighted by Gasteiger charge is -2.67. The number of carbonyl (C=O) groups is 5. The van der Waals surface area contributed by atoms with Crippen molar-refractivity contribution in [3.8, 4) is 0 Å². The van der Waals surface area contributed by atoms with Gasteiger partial charge in [-0.2, -0.15) is 0 Å². The number of benzene rings is 2. The van der Waals surface area contributed by atoms with Gasteiger partial charge in [-0.15, -0.1) is 0 Å². The summed E-state index contributed by atoms with van der Waals surface area (Å²) in [5.41, 5.74) is -6.46. The van der Waals surface area contributed by atoms with Gasteiger partial charge in [-0.3, -0.25) is 14.4 Å². The average Bonchev–Trinajstić information content (AvgIpc) is 3.12. The fourth-order valence-corrected chi connectivity index (χ4v) is 9.37. The maximum atomic E-state index is 15.3. The molecule has 1 aliphatic heterocycles. The maximum absolute atomic E-state index is 15.3. The van der Waals surface area contributed by atoms with Crippen LogP contribution in [0.15, 0.2) is 71.8 Å². The fraction of sp³-hybridized carbons (Fsp3) is 0.537. The first-order chi connectivity index (χ1) is 25.3. The monoisotopic (exact) mass is 748 g/mol. The molecule has 3 N–H and O–H groups in total. The number of esters is 4. The molecule has 6 rings (SSSR count). The first-order valence-corrected chi connectivity index (χ1v) is 18.1. The third-order valence-corrected chi connectivity index (χ3v) is 12.5. The molecule has 11 atom stereocenters. The van der Waals surface area contributed by atoms with Crippen LogP contribution >= 0.6 is 0 Å². The number of hydrogen-bond donors (Lipinski definition) is 3. The van der Waals surface area contributed by atoms with E-state index >= 15 is 4.79 Å². The Labute approximate surface area is 313 Å². The van der Waals surface area contributed by atoms with Crippen molar-refractivity contribution in [2.75, 3.05) is 6.61 Å². The van der Waals surface area contributed by atoms with Crippen molar-refractivity contribution in [1.29, 1.82) is 0 Å². The molecule has 1 heterocycles. The molecule has 2 aromatic rings. The summed E-state index contributed by atoms with van der Waals surface area (Å²) in [4.78, 5) is 68.9. The zero-order valence-corrected chi connectivity index (χ0v) is 31.4. The highest BCUT2D eigenvalue weighted by Crippen LogP contribution is 2.64. The minimum atomic E-state index is -2.29. The molecule has 3 aliphatic carbocycles. The highest BCUT2D eigenvalue weighted by Gasteiger charge is 2.78. The standard InChI is InChI=1S/C41H48O13/c1-21(25-14-10-8-11-15-25)31(45)37(48)52-27-19-41(49)35(53-36(47)26-16-12-9-13-17-26)33-39(7,28(44)18-29-40(33,20-50-29)54-24(4)43)34(46)32(51-23(3)42)30(22(27)2)38(41,5)6/h8-17,21,27-29,31-33,35,44-45,49H,18-20H2,1-7H3/t21?,27-,28-,29+,31?,32+,33?,35-,39+,40-,41+/m0/s1. The summed E-state index contributed by atoms with van der Waals surface area (Å²) in [5.74, 6) is -6.50. The largest absolute Gasteiger partial charge is 0.456 e. The van der Waals surface area contributed by atoms with Crippen LogP contribution in [0.1, 0.15) is 83.1 Å².